The minimum Gasteiger partial charge on any atom is -0.322 e. The van der Waals surface area contributed by atoms with Crippen LogP contribution in [-0.4, -0.2) is 48.1 Å². The van der Waals surface area contributed by atoms with Crippen molar-refractivity contribution in [2.75, 3.05) is 31.5 Å². The van der Waals surface area contributed by atoms with Gasteiger partial charge in [-0.25, -0.2) is 4.79 Å². The van der Waals surface area contributed by atoms with Gasteiger partial charge in [-0.15, -0.1) is 0 Å². The molecule has 7 heteroatoms. The molecule has 2 aromatic carbocycles. The molecule has 2 amide bonds. The monoisotopic (exact) mass is 498 g/mol. The molecule has 2 fully saturated rings. The zero-order chi connectivity index (χ0) is 23.9. The lowest BCUT2D eigenvalue weighted by atomic mass is 9.81. The number of urea groups is 1. The zero-order valence-corrected chi connectivity index (χ0v) is 21.0. The van der Waals surface area contributed by atoms with Gasteiger partial charge in [0.25, 0.3) is 0 Å². The zero-order valence-electron chi connectivity index (χ0n) is 19.5. The molecule has 0 atom stereocenters. The van der Waals surface area contributed by atoms with Crippen molar-refractivity contribution in [3.63, 3.8) is 0 Å². The van der Waals surface area contributed by atoms with E-state index in [2.05, 4.69) is 22.4 Å². The second kappa shape index (κ2) is 11.9. The number of nitrogens with one attached hydrogen (secondary N) is 1. The number of carbonyl (C=O) groups is 1. The number of benzene rings is 2. The van der Waals surface area contributed by atoms with Gasteiger partial charge in [-0.05, 0) is 106 Å². The van der Waals surface area contributed by atoms with Crippen molar-refractivity contribution in [2.45, 2.75) is 56.9 Å². The van der Waals surface area contributed by atoms with E-state index < -0.39 is 0 Å². The third kappa shape index (κ3) is 6.44. The van der Waals surface area contributed by atoms with Crippen molar-refractivity contribution in [3.05, 3.63) is 63.6 Å². The Hall–Kier alpha value is -2.26. The highest BCUT2D eigenvalue weighted by molar-refractivity contribution is 6.42. The lowest BCUT2D eigenvalue weighted by molar-refractivity contribution is 0.157. The highest BCUT2D eigenvalue weighted by Gasteiger charge is 2.30. The summed E-state index contributed by atoms with van der Waals surface area (Å²) in [4.78, 5) is 17.9. The van der Waals surface area contributed by atoms with Crippen LogP contribution in [0.4, 0.5) is 10.5 Å². The molecule has 1 aliphatic heterocycles. The second-order valence-corrected chi connectivity index (χ2v) is 10.2. The van der Waals surface area contributed by atoms with Crippen molar-refractivity contribution < 1.29 is 4.79 Å². The fraction of sp³-hybridized carbons (Fsp3) is 0.481. The molecule has 0 unspecified atom stereocenters. The van der Waals surface area contributed by atoms with Crippen LogP contribution in [0.15, 0.2) is 42.5 Å². The summed E-state index contributed by atoms with van der Waals surface area (Å²) in [5.41, 5.74) is 2.61. The molecule has 4 rings (SSSR count). The van der Waals surface area contributed by atoms with Gasteiger partial charge in [0.1, 0.15) is 0 Å². The van der Waals surface area contributed by atoms with Crippen LogP contribution in [0.2, 0.25) is 10.0 Å². The number of amides is 2. The van der Waals surface area contributed by atoms with Gasteiger partial charge in [-0.1, -0.05) is 35.3 Å². The Bertz CT molecular complexity index is 1020. The Morgan fingerprint density at radius 1 is 1.06 bits per heavy atom. The van der Waals surface area contributed by atoms with Crippen LogP contribution >= 0.6 is 23.2 Å². The fourth-order valence-electron chi connectivity index (χ4n) is 5.27. The van der Waals surface area contributed by atoms with Crippen molar-refractivity contribution in [3.8, 4) is 6.07 Å². The molecule has 1 aliphatic carbocycles. The van der Waals surface area contributed by atoms with Crippen molar-refractivity contribution in [1.82, 2.24) is 9.80 Å². The van der Waals surface area contributed by atoms with E-state index >= 15 is 0 Å². The number of hydrogen-bond donors (Lipinski definition) is 1. The van der Waals surface area contributed by atoms with Crippen LogP contribution in [0.5, 0.6) is 0 Å². The molecule has 34 heavy (non-hydrogen) atoms. The average molecular weight is 499 g/mol. The predicted molar refractivity (Wildman–Crippen MR) is 139 cm³/mol. The van der Waals surface area contributed by atoms with Gasteiger partial charge >= 0.3 is 6.03 Å². The molecule has 0 aromatic heterocycles. The molecule has 1 saturated carbocycles. The van der Waals surface area contributed by atoms with Crippen LogP contribution in [0.3, 0.4) is 0 Å². The number of likely N-dealkylation sites (tertiary alicyclic amines) is 1. The maximum Gasteiger partial charge on any atom is 0.322 e. The minimum absolute atomic E-state index is 0.0743. The molecule has 2 aromatic rings. The first-order chi connectivity index (χ1) is 16.5. The topological polar surface area (TPSA) is 59.4 Å². The first kappa shape index (κ1) is 24.9. The first-order valence-electron chi connectivity index (χ1n) is 12.3. The molecule has 1 saturated heterocycles. The van der Waals surface area contributed by atoms with Gasteiger partial charge in [0.05, 0.1) is 21.7 Å². The van der Waals surface area contributed by atoms with E-state index in [0.717, 1.165) is 45.2 Å². The van der Waals surface area contributed by atoms with E-state index in [1.807, 2.05) is 23.1 Å². The maximum atomic E-state index is 13.4. The molecule has 0 spiro atoms. The molecule has 0 bridgehead atoms. The Kier molecular flexibility index (Phi) is 8.72. The summed E-state index contributed by atoms with van der Waals surface area (Å²) in [5.74, 6) is 0.439. The quantitative estimate of drug-likeness (QED) is 0.450. The first-order valence-corrected chi connectivity index (χ1v) is 13.0. The summed E-state index contributed by atoms with van der Waals surface area (Å²) in [7, 11) is 0. The standard InChI is InChI=1S/C27H32Cl2N4O/c28-25-12-9-23(18-26(25)29)31-27(34)33(16-4-15-32-13-1-2-14-32)24-10-7-21(8-11-24)22-6-3-5-20(17-22)19-30/h3,5-6,9,12,17-18,21,24H,1-2,4,7-8,10-11,13-16H2,(H,31,34). The van der Waals surface area contributed by atoms with Gasteiger partial charge < -0.3 is 15.1 Å². The van der Waals surface area contributed by atoms with Crippen LogP contribution < -0.4 is 5.32 Å². The average Bonchev–Trinajstić information content (AvgIpc) is 3.38. The number of rotatable bonds is 7. The number of halogens is 2. The smallest absolute Gasteiger partial charge is 0.322 e. The number of carbonyl (C=O) groups excluding carboxylic acids is 1. The largest absolute Gasteiger partial charge is 0.322 e. The molecule has 1 N–H and O–H groups in total. The van der Waals surface area contributed by atoms with Crippen LogP contribution in [0, 0.1) is 11.3 Å². The normalized spacial score (nSPS) is 20.6. The van der Waals surface area contributed by atoms with Crippen LogP contribution in [-0.2, 0) is 0 Å². The third-order valence-electron chi connectivity index (χ3n) is 7.13. The Labute approximate surface area is 212 Å². The second-order valence-electron chi connectivity index (χ2n) is 9.40. The number of nitriles is 1. The van der Waals surface area contributed by atoms with E-state index in [4.69, 9.17) is 23.2 Å². The Morgan fingerprint density at radius 2 is 1.82 bits per heavy atom. The predicted octanol–water partition coefficient (Wildman–Crippen LogP) is 6.91. The van der Waals surface area contributed by atoms with E-state index in [0.29, 0.717) is 27.2 Å². The van der Waals surface area contributed by atoms with E-state index in [1.165, 1.54) is 31.5 Å². The molecule has 2 aliphatic rings. The van der Waals surface area contributed by atoms with Crippen LogP contribution in [0.25, 0.3) is 0 Å². The number of anilines is 1. The third-order valence-corrected chi connectivity index (χ3v) is 7.87. The molecular weight excluding hydrogens is 467 g/mol. The lowest BCUT2D eigenvalue weighted by Gasteiger charge is -2.37. The van der Waals surface area contributed by atoms with Crippen molar-refractivity contribution in [2.24, 2.45) is 0 Å². The minimum atomic E-state index is -0.0743. The fourth-order valence-corrected chi connectivity index (χ4v) is 5.57. The summed E-state index contributed by atoms with van der Waals surface area (Å²) >= 11 is 12.2. The molecule has 1 heterocycles. The van der Waals surface area contributed by atoms with E-state index in [9.17, 15) is 10.1 Å². The summed E-state index contributed by atoms with van der Waals surface area (Å²) in [6.45, 7) is 4.11. The van der Waals surface area contributed by atoms with Crippen molar-refractivity contribution in [1.29, 1.82) is 5.26 Å². The number of nitrogens with zero attached hydrogens (tertiary/aromatic N) is 3. The van der Waals surface area contributed by atoms with Crippen molar-refractivity contribution >= 4 is 34.9 Å². The van der Waals surface area contributed by atoms with Gasteiger partial charge in [-0.3, -0.25) is 0 Å². The molecule has 0 radical (unpaired) electrons. The molecular formula is C27H32Cl2N4O. The van der Waals surface area contributed by atoms with Crippen LogP contribution in [0.1, 0.15) is 62.0 Å². The highest BCUT2D eigenvalue weighted by Crippen LogP contribution is 2.35. The summed E-state index contributed by atoms with van der Waals surface area (Å²) in [6, 6.07) is 15.5. The molecule has 180 valence electrons. The summed E-state index contributed by atoms with van der Waals surface area (Å²) < 4.78 is 0. The summed E-state index contributed by atoms with van der Waals surface area (Å²) in [6.07, 6.45) is 7.47. The highest BCUT2D eigenvalue weighted by atomic mass is 35.5. The summed E-state index contributed by atoms with van der Waals surface area (Å²) in [5, 5.41) is 13.2. The number of hydrogen-bond acceptors (Lipinski definition) is 3. The lowest BCUT2D eigenvalue weighted by Crippen LogP contribution is -2.45. The SMILES string of the molecule is N#Cc1cccc(C2CCC(N(CCCN3CCCC3)C(=O)Nc3ccc(Cl)c(Cl)c3)CC2)c1. The maximum absolute atomic E-state index is 13.4. The van der Waals surface area contributed by atoms with E-state index in [1.54, 1.807) is 18.2 Å². The Balaban J connectivity index is 1.40. The van der Waals surface area contributed by atoms with Gasteiger partial charge in [-0.2, -0.15) is 5.26 Å². The van der Waals surface area contributed by atoms with Gasteiger partial charge in [0, 0.05) is 18.3 Å². The van der Waals surface area contributed by atoms with E-state index in [-0.39, 0.29) is 12.1 Å². The van der Waals surface area contributed by atoms with Gasteiger partial charge in [0.15, 0.2) is 0 Å². The Morgan fingerprint density at radius 3 is 2.53 bits per heavy atom. The van der Waals surface area contributed by atoms with Gasteiger partial charge in [0.2, 0.25) is 0 Å². The molecule has 5 nitrogen and oxygen atoms in total.